The van der Waals surface area contributed by atoms with E-state index in [9.17, 15) is 12.6 Å². The van der Waals surface area contributed by atoms with Crippen LogP contribution in [0.5, 0.6) is 0 Å². The molecule has 42 valence electrons. The van der Waals surface area contributed by atoms with Crippen molar-refractivity contribution in [3.05, 3.63) is 0 Å². The van der Waals surface area contributed by atoms with Gasteiger partial charge in [0.1, 0.15) is 0 Å². The summed E-state index contributed by atoms with van der Waals surface area (Å²) in [5.74, 6) is 0. The maximum Gasteiger partial charge on any atom is 0.314 e. The Morgan fingerprint density at radius 2 is 2.00 bits per heavy atom. The second kappa shape index (κ2) is 1.44. The van der Waals surface area contributed by atoms with Gasteiger partial charge in [-0.25, -0.2) is 4.21 Å². The van der Waals surface area contributed by atoms with Crippen LogP contribution >= 0.6 is 11.0 Å². The molecule has 1 N–H and O–H groups in total. The zero-order valence-electron chi connectivity index (χ0n) is 2.95. The van der Waals surface area contributed by atoms with Gasteiger partial charge in [-0.2, -0.15) is 8.42 Å². The highest BCUT2D eigenvalue weighted by Crippen LogP contribution is 2.21. The van der Waals surface area contributed by atoms with Gasteiger partial charge in [0, 0.05) is 0 Å². The summed E-state index contributed by atoms with van der Waals surface area (Å²) in [5, 5.41) is 0. The van der Waals surface area contributed by atoms with Crippen molar-refractivity contribution in [1.82, 2.24) is 4.13 Å². The molecule has 0 saturated carbocycles. The minimum atomic E-state index is -3.37. The Morgan fingerprint density at radius 1 is 1.57 bits per heavy atom. The zero-order valence-corrected chi connectivity index (χ0v) is 5.40. The van der Waals surface area contributed by atoms with Crippen LogP contribution in [0.2, 0.25) is 0 Å². The Kier molecular flexibility index (Phi) is 1.14. The van der Waals surface area contributed by atoms with E-state index in [1.807, 2.05) is 4.13 Å². The molecule has 0 amide bonds. The van der Waals surface area contributed by atoms with Gasteiger partial charge in [-0.05, 0) is 0 Å². The Hall–Kier alpha value is 0.410. The number of rotatable bonds is 0. The van der Waals surface area contributed by atoms with Crippen LogP contribution in [0.25, 0.3) is 0 Å². The summed E-state index contributed by atoms with van der Waals surface area (Å²) >= 11 is 0. The molecule has 1 fully saturated rings. The molecule has 0 radical (unpaired) electrons. The van der Waals surface area contributed by atoms with Crippen LogP contribution in [-0.4, -0.2) is 12.6 Å². The van der Waals surface area contributed by atoms with Gasteiger partial charge in [-0.3, -0.25) is 0 Å². The van der Waals surface area contributed by atoms with Crippen molar-refractivity contribution in [2.24, 2.45) is 0 Å². The summed E-state index contributed by atoms with van der Waals surface area (Å²) < 4.78 is 31.9. The highest BCUT2D eigenvalue weighted by molar-refractivity contribution is 9.06. The van der Waals surface area contributed by atoms with Crippen molar-refractivity contribution in [1.29, 1.82) is 0 Å². The van der Waals surface area contributed by atoms with Crippen molar-refractivity contribution >= 4 is 28.9 Å². The molecule has 1 rings (SSSR count). The third-order valence-electron chi connectivity index (χ3n) is 0.383. The van der Waals surface area contributed by atoms with Gasteiger partial charge in [-0.1, -0.05) is 0 Å². The Morgan fingerprint density at radius 3 is 2.00 bits per heavy atom. The monoisotopic (exact) mass is 159 g/mol. The standard InChI is InChI=1S/HNO3S3/c2-6-5-1-7(6,3)4/h1H. The van der Waals surface area contributed by atoms with Gasteiger partial charge >= 0.3 is 9.06 Å². The van der Waals surface area contributed by atoms with Crippen LogP contribution in [-0.2, 0) is 17.9 Å². The van der Waals surface area contributed by atoms with Gasteiger partial charge in [-0.15, -0.1) is 4.13 Å². The molecule has 0 aliphatic carbocycles. The molecule has 0 bridgehead atoms. The van der Waals surface area contributed by atoms with E-state index in [1.165, 1.54) is 0 Å². The Bertz CT molecular complexity index is 188. The molecule has 0 aromatic carbocycles. The summed E-state index contributed by atoms with van der Waals surface area (Å²) in [4.78, 5) is 0. The summed E-state index contributed by atoms with van der Waals surface area (Å²) in [5.41, 5.74) is 0. The average molecular weight is 159 g/mol. The van der Waals surface area contributed by atoms with Gasteiger partial charge in [0.15, 0.2) is 0 Å². The van der Waals surface area contributed by atoms with Crippen molar-refractivity contribution in [3.63, 3.8) is 0 Å². The molecule has 1 aliphatic rings. The minimum absolute atomic E-state index is 0.701. The van der Waals surface area contributed by atoms with E-state index in [1.54, 1.807) is 0 Å². The molecule has 7 heteroatoms. The fraction of sp³-hybridized carbons (Fsp3) is 0. The van der Waals surface area contributed by atoms with Crippen molar-refractivity contribution in [2.75, 3.05) is 0 Å². The van der Waals surface area contributed by atoms with Crippen LogP contribution < -0.4 is 4.13 Å². The first-order valence-electron chi connectivity index (χ1n) is 1.24. The van der Waals surface area contributed by atoms with Gasteiger partial charge in [0.2, 0.25) is 8.86 Å². The maximum absolute atomic E-state index is 9.99. The van der Waals surface area contributed by atoms with E-state index in [-0.39, 0.29) is 0 Å². The van der Waals surface area contributed by atoms with Gasteiger partial charge in [0.05, 0.1) is 11.0 Å². The van der Waals surface area contributed by atoms with Crippen molar-refractivity contribution in [2.45, 2.75) is 0 Å². The average Bonchev–Trinajstić information content (AvgIpc) is 1.63. The van der Waals surface area contributed by atoms with Crippen LogP contribution in [0, 0.1) is 0 Å². The van der Waals surface area contributed by atoms with E-state index in [0.29, 0.717) is 11.0 Å². The first-order chi connectivity index (χ1) is 3.13. The Labute approximate surface area is 46.1 Å². The lowest BCUT2D eigenvalue weighted by Crippen LogP contribution is -2.30. The normalized spacial score (nSPS) is 36.9. The minimum Gasteiger partial charge on any atom is -0.228 e. The largest absolute Gasteiger partial charge is 0.314 e. The molecule has 1 unspecified atom stereocenters. The maximum atomic E-state index is 9.99. The third kappa shape index (κ3) is 0.809. The second-order valence-electron chi connectivity index (χ2n) is 0.825. The SMILES string of the molecule is O=S1SNS1(=O)=O. The lowest BCUT2D eigenvalue weighted by molar-refractivity contribution is 0.604. The number of hydrogen-bond acceptors (Lipinski definition) is 4. The molecule has 0 aromatic rings. The molecular weight excluding hydrogens is 158 g/mol. The predicted octanol–water partition coefficient (Wildman–Crippen LogP) is -0.854. The fourth-order valence-electron chi connectivity index (χ4n) is 0.117. The Balaban J connectivity index is 3.01. The summed E-state index contributed by atoms with van der Waals surface area (Å²) in [6, 6.07) is 0. The summed E-state index contributed by atoms with van der Waals surface area (Å²) in [6.07, 6.45) is 0. The van der Waals surface area contributed by atoms with E-state index in [0.717, 1.165) is 0 Å². The molecule has 4 nitrogen and oxygen atoms in total. The molecule has 1 heterocycles. The molecular formula is HNO3S3. The van der Waals surface area contributed by atoms with Crippen LogP contribution in [0.4, 0.5) is 0 Å². The summed E-state index contributed by atoms with van der Waals surface area (Å²) in [6.45, 7) is 0. The van der Waals surface area contributed by atoms with E-state index in [2.05, 4.69) is 0 Å². The highest BCUT2D eigenvalue weighted by Gasteiger charge is 2.32. The molecule has 1 saturated heterocycles. The molecule has 0 aromatic heterocycles. The van der Waals surface area contributed by atoms with E-state index < -0.39 is 17.9 Å². The van der Waals surface area contributed by atoms with Gasteiger partial charge in [0.25, 0.3) is 0 Å². The molecule has 1 aliphatic heterocycles. The van der Waals surface area contributed by atoms with Gasteiger partial charge < -0.3 is 0 Å². The first kappa shape index (κ1) is 5.54. The first-order valence-corrected chi connectivity index (χ1v) is 5.72. The second-order valence-corrected chi connectivity index (χ2v) is 7.24. The van der Waals surface area contributed by atoms with Crippen molar-refractivity contribution < 1.29 is 12.6 Å². The number of hydrogen-bond donors (Lipinski definition) is 1. The third-order valence-corrected chi connectivity index (χ3v) is 6.90. The van der Waals surface area contributed by atoms with Crippen LogP contribution in [0.3, 0.4) is 0 Å². The van der Waals surface area contributed by atoms with Crippen molar-refractivity contribution in [3.8, 4) is 0 Å². The predicted molar refractivity (Wildman–Crippen MR) is 27.8 cm³/mol. The fourth-order valence-corrected chi connectivity index (χ4v) is 3.17. The van der Waals surface area contributed by atoms with E-state index >= 15 is 0 Å². The molecule has 1 atom stereocenters. The quantitative estimate of drug-likeness (QED) is 0.369. The van der Waals surface area contributed by atoms with Crippen LogP contribution in [0.15, 0.2) is 0 Å². The lowest BCUT2D eigenvalue weighted by atomic mass is 13.9. The summed E-state index contributed by atoms with van der Waals surface area (Å²) in [7, 11) is -4.40. The smallest absolute Gasteiger partial charge is 0.228 e. The lowest BCUT2D eigenvalue weighted by Gasteiger charge is -2.09. The van der Waals surface area contributed by atoms with E-state index in [4.69, 9.17) is 0 Å². The molecule has 7 heavy (non-hydrogen) atoms. The highest BCUT2D eigenvalue weighted by atomic mass is 33.6. The van der Waals surface area contributed by atoms with Crippen LogP contribution in [0.1, 0.15) is 0 Å². The zero-order chi connectivity index (χ0) is 5.49. The number of nitrogens with one attached hydrogen (secondary N) is 1. The topological polar surface area (TPSA) is 63.2 Å². The molecule has 0 spiro atoms.